The van der Waals surface area contributed by atoms with E-state index in [9.17, 15) is 4.39 Å². The predicted octanol–water partition coefficient (Wildman–Crippen LogP) is 5.29. The topological polar surface area (TPSA) is 52.0 Å². The number of aromatic nitrogens is 3. The maximum Gasteiger partial charge on any atom is 0.226 e. The van der Waals surface area contributed by atoms with Gasteiger partial charge in [-0.05, 0) is 42.3 Å². The first kappa shape index (κ1) is 17.9. The molecule has 0 radical (unpaired) electrons. The SMILES string of the molecule is Cc1ccc(C2C3=C(Nc4ncnn42)c2ccccc2OC3c2cccc(F)c2)cc1. The Morgan fingerprint density at radius 3 is 2.65 bits per heavy atom. The molecule has 3 heterocycles. The molecule has 6 rings (SSSR count). The molecule has 2 unspecified atom stereocenters. The molecule has 4 aromatic rings. The van der Waals surface area contributed by atoms with Crippen molar-refractivity contribution < 1.29 is 9.13 Å². The summed E-state index contributed by atoms with van der Waals surface area (Å²) in [5.41, 5.74) is 5.86. The predicted molar refractivity (Wildman–Crippen MR) is 116 cm³/mol. The van der Waals surface area contributed by atoms with Crippen molar-refractivity contribution in [1.29, 1.82) is 0 Å². The highest BCUT2D eigenvalue weighted by molar-refractivity contribution is 5.85. The second-order valence-corrected chi connectivity index (χ2v) is 7.85. The molecule has 0 amide bonds. The average molecular weight is 410 g/mol. The van der Waals surface area contributed by atoms with Crippen molar-refractivity contribution in [3.8, 4) is 5.75 Å². The van der Waals surface area contributed by atoms with Crippen molar-refractivity contribution in [2.45, 2.75) is 19.1 Å². The molecule has 5 nitrogen and oxygen atoms in total. The molecule has 2 atom stereocenters. The third-order valence-electron chi connectivity index (χ3n) is 5.87. The molecule has 2 aliphatic heterocycles. The van der Waals surface area contributed by atoms with Gasteiger partial charge in [-0.15, -0.1) is 0 Å². The van der Waals surface area contributed by atoms with Gasteiger partial charge in [0, 0.05) is 11.1 Å². The molecule has 1 aromatic heterocycles. The number of benzene rings is 3. The van der Waals surface area contributed by atoms with E-state index in [4.69, 9.17) is 4.74 Å². The molecule has 1 N–H and O–H groups in total. The third-order valence-corrected chi connectivity index (χ3v) is 5.87. The Morgan fingerprint density at radius 2 is 1.81 bits per heavy atom. The Kier molecular flexibility index (Phi) is 3.93. The zero-order valence-corrected chi connectivity index (χ0v) is 16.8. The van der Waals surface area contributed by atoms with Crippen molar-refractivity contribution in [1.82, 2.24) is 14.8 Å². The van der Waals surface area contributed by atoms with E-state index in [1.54, 1.807) is 12.4 Å². The summed E-state index contributed by atoms with van der Waals surface area (Å²) in [5, 5.41) is 7.96. The summed E-state index contributed by atoms with van der Waals surface area (Å²) in [6.45, 7) is 2.06. The molecule has 0 saturated heterocycles. The van der Waals surface area contributed by atoms with E-state index in [1.807, 2.05) is 35.0 Å². The molecule has 0 fully saturated rings. The first-order valence-electron chi connectivity index (χ1n) is 10.2. The monoisotopic (exact) mass is 410 g/mol. The first-order valence-corrected chi connectivity index (χ1v) is 10.2. The molecular formula is C25H19FN4O. The molecule has 3 aromatic carbocycles. The van der Waals surface area contributed by atoms with Gasteiger partial charge in [0.15, 0.2) is 0 Å². The van der Waals surface area contributed by atoms with Crippen molar-refractivity contribution in [3.05, 3.63) is 113 Å². The summed E-state index contributed by atoms with van der Waals surface area (Å²) < 4.78 is 22.5. The van der Waals surface area contributed by atoms with Gasteiger partial charge in [0.05, 0.1) is 5.70 Å². The zero-order valence-electron chi connectivity index (χ0n) is 16.8. The van der Waals surface area contributed by atoms with Crippen LogP contribution >= 0.6 is 0 Å². The molecule has 0 spiro atoms. The molecule has 152 valence electrons. The molecule has 2 aliphatic rings. The second-order valence-electron chi connectivity index (χ2n) is 7.85. The number of nitrogens with zero attached hydrogens (tertiary/aromatic N) is 3. The van der Waals surface area contributed by atoms with Crippen molar-refractivity contribution in [2.24, 2.45) is 0 Å². The van der Waals surface area contributed by atoms with Crippen LogP contribution in [-0.2, 0) is 0 Å². The fourth-order valence-electron chi connectivity index (χ4n) is 4.43. The molecule has 0 bridgehead atoms. The number of hydrogen-bond acceptors (Lipinski definition) is 4. The Bertz CT molecular complexity index is 1330. The van der Waals surface area contributed by atoms with Gasteiger partial charge in [0.2, 0.25) is 5.95 Å². The van der Waals surface area contributed by atoms with E-state index >= 15 is 0 Å². The van der Waals surface area contributed by atoms with Crippen LogP contribution in [0.3, 0.4) is 0 Å². The van der Waals surface area contributed by atoms with Gasteiger partial charge in [0.1, 0.15) is 30.0 Å². The lowest BCUT2D eigenvalue weighted by atomic mass is 9.84. The summed E-state index contributed by atoms with van der Waals surface area (Å²) in [5.74, 6) is 1.12. The number of rotatable bonds is 2. The fraction of sp³-hybridized carbons (Fsp3) is 0.120. The van der Waals surface area contributed by atoms with Crippen LogP contribution in [0.4, 0.5) is 10.3 Å². The third kappa shape index (κ3) is 2.83. The van der Waals surface area contributed by atoms with E-state index in [-0.39, 0.29) is 11.9 Å². The minimum Gasteiger partial charge on any atom is -0.480 e. The standard InChI is InChI=1S/C25H19FN4O/c1-15-9-11-16(12-10-15)23-21-22(29-25-27-14-28-30(23)25)19-7-2-3-8-20(19)31-24(21)17-5-4-6-18(26)13-17/h2-14,23-24H,1H3,(H,27,28,29). The van der Waals surface area contributed by atoms with Crippen LogP contribution in [0.15, 0.2) is 84.7 Å². The van der Waals surface area contributed by atoms with E-state index in [0.717, 1.165) is 33.7 Å². The summed E-state index contributed by atoms with van der Waals surface area (Å²) in [6, 6.07) is 22.6. The molecule has 6 heteroatoms. The second kappa shape index (κ2) is 6.80. The highest BCUT2D eigenvalue weighted by atomic mass is 19.1. The zero-order chi connectivity index (χ0) is 20.9. The van der Waals surface area contributed by atoms with Gasteiger partial charge in [-0.25, -0.2) is 9.07 Å². The van der Waals surface area contributed by atoms with Crippen LogP contribution < -0.4 is 10.1 Å². The fourth-order valence-corrected chi connectivity index (χ4v) is 4.43. The highest BCUT2D eigenvalue weighted by Crippen LogP contribution is 2.50. The summed E-state index contributed by atoms with van der Waals surface area (Å²) >= 11 is 0. The van der Waals surface area contributed by atoms with E-state index in [0.29, 0.717) is 5.95 Å². The van der Waals surface area contributed by atoms with Crippen LogP contribution in [0.5, 0.6) is 5.75 Å². The Balaban J connectivity index is 1.63. The van der Waals surface area contributed by atoms with E-state index in [2.05, 4.69) is 46.6 Å². The number of anilines is 1. The lowest BCUT2D eigenvalue weighted by Crippen LogP contribution is -2.32. The maximum absolute atomic E-state index is 14.2. The van der Waals surface area contributed by atoms with Gasteiger partial charge in [0.25, 0.3) is 0 Å². The smallest absolute Gasteiger partial charge is 0.226 e. The highest BCUT2D eigenvalue weighted by Gasteiger charge is 2.40. The van der Waals surface area contributed by atoms with Crippen molar-refractivity contribution in [2.75, 3.05) is 5.32 Å². The van der Waals surface area contributed by atoms with Crippen LogP contribution in [0.25, 0.3) is 5.70 Å². The molecular weight excluding hydrogens is 391 g/mol. The number of halogens is 1. The number of fused-ring (bicyclic) bond motifs is 3. The van der Waals surface area contributed by atoms with Gasteiger partial charge in [-0.2, -0.15) is 10.1 Å². The Morgan fingerprint density at radius 1 is 0.968 bits per heavy atom. The largest absolute Gasteiger partial charge is 0.480 e. The van der Waals surface area contributed by atoms with Crippen molar-refractivity contribution in [3.63, 3.8) is 0 Å². The normalized spacial score (nSPS) is 19.0. The number of para-hydroxylation sites is 1. The number of ether oxygens (including phenoxy) is 1. The number of hydrogen-bond donors (Lipinski definition) is 1. The average Bonchev–Trinajstić information content (AvgIpc) is 3.26. The molecule has 0 saturated carbocycles. The van der Waals surface area contributed by atoms with Gasteiger partial charge in [-0.1, -0.05) is 54.1 Å². The lowest BCUT2D eigenvalue weighted by molar-refractivity contribution is 0.222. The minimum atomic E-state index is -0.475. The maximum atomic E-state index is 14.2. The van der Waals surface area contributed by atoms with Gasteiger partial charge < -0.3 is 10.1 Å². The van der Waals surface area contributed by atoms with Crippen LogP contribution in [0.1, 0.15) is 34.4 Å². The number of nitrogens with one attached hydrogen (secondary N) is 1. The summed E-state index contributed by atoms with van der Waals surface area (Å²) in [6.07, 6.45) is 1.07. The Hall–Kier alpha value is -3.93. The summed E-state index contributed by atoms with van der Waals surface area (Å²) in [7, 11) is 0. The number of aryl methyl sites for hydroxylation is 1. The van der Waals surface area contributed by atoms with E-state index in [1.165, 1.54) is 17.7 Å². The van der Waals surface area contributed by atoms with Crippen LogP contribution in [0, 0.1) is 12.7 Å². The first-order chi connectivity index (χ1) is 15.2. The van der Waals surface area contributed by atoms with Crippen molar-refractivity contribution >= 4 is 11.6 Å². The van der Waals surface area contributed by atoms with E-state index < -0.39 is 6.10 Å². The summed E-state index contributed by atoms with van der Waals surface area (Å²) in [4.78, 5) is 4.43. The molecule has 0 aliphatic carbocycles. The lowest BCUT2D eigenvalue weighted by Gasteiger charge is -2.39. The quantitative estimate of drug-likeness (QED) is 0.488. The van der Waals surface area contributed by atoms with Gasteiger partial charge in [-0.3, -0.25) is 0 Å². The van der Waals surface area contributed by atoms with Crippen LogP contribution in [0.2, 0.25) is 0 Å². The van der Waals surface area contributed by atoms with Crippen LogP contribution in [-0.4, -0.2) is 14.8 Å². The van der Waals surface area contributed by atoms with Gasteiger partial charge >= 0.3 is 0 Å². The molecule has 31 heavy (non-hydrogen) atoms. The Labute approximate surface area is 178 Å². The minimum absolute atomic E-state index is 0.240.